The van der Waals surface area contributed by atoms with Crippen LogP contribution in [0.5, 0.6) is 5.75 Å². The zero-order chi connectivity index (χ0) is 11.5. The number of benzene rings is 1. The molecular weight excluding hydrogens is 233 g/mol. The van der Waals surface area contributed by atoms with Crippen molar-refractivity contribution in [2.45, 2.75) is 25.9 Å². The van der Waals surface area contributed by atoms with E-state index in [9.17, 15) is 0 Å². The molecule has 0 saturated carbocycles. The lowest BCUT2D eigenvalue weighted by Crippen LogP contribution is -2.27. The number of halogens is 2. The van der Waals surface area contributed by atoms with Gasteiger partial charge in [-0.05, 0) is 26.0 Å². The second-order valence-electron chi connectivity index (χ2n) is 3.77. The molecule has 0 fully saturated rings. The van der Waals surface area contributed by atoms with Gasteiger partial charge in [-0.3, -0.25) is 0 Å². The molecule has 0 aromatic heterocycles. The molecule has 1 aromatic rings. The molecule has 0 aliphatic carbocycles. The molecule has 0 amide bonds. The summed E-state index contributed by atoms with van der Waals surface area (Å²) in [5.41, 5.74) is -0.522. The summed E-state index contributed by atoms with van der Waals surface area (Å²) < 4.78 is 5.61. The van der Waals surface area contributed by atoms with Crippen LogP contribution in [0, 0.1) is 11.3 Å². The Balaban J connectivity index is 2.82. The van der Waals surface area contributed by atoms with E-state index in [1.54, 1.807) is 18.2 Å². The summed E-state index contributed by atoms with van der Waals surface area (Å²) in [6.45, 7) is 3.69. The first-order chi connectivity index (χ1) is 6.94. The van der Waals surface area contributed by atoms with E-state index in [0.717, 1.165) is 0 Å². The SMILES string of the molecule is CC(C)(CC#N)Oc1ccc(Cl)c(Cl)c1. The Morgan fingerprint density at radius 2 is 2.00 bits per heavy atom. The summed E-state index contributed by atoms with van der Waals surface area (Å²) in [5, 5.41) is 9.54. The van der Waals surface area contributed by atoms with Gasteiger partial charge in [-0.25, -0.2) is 0 Å². The number of nitriles is 1. The summed E-state index contributed by atoms with van der Waals surface area (Å²) in [4.78, 5) is 0. The van der Waals surface area contributed by atoms with Crippen LogP contribution < -0.4 is 4.74 Å². The lowest BCUT2D eigenvalue weighted by molar-refractivity contribution is 0.115. The van der Waals surface area contributed by atoms with Gasteiger partial charge >= 0.3 is 0 Å². The van der Waals surface area contributed by atoms with Crippen LogP contribution in [0.1, 0.15) is 20.3 Å². The summed E-state index contributed by atoms with van der Waals surface area (Å²) >= 11 is 11.6. The van der Waals surface area contributed by atoms with Gasteiger partial charge in [0.1, 0.15) is 11.4 Å². The summed E-state index contributed by atoms with van der Waals surface area (Å²) in [7, 11) is 0. The second kappa shape index (κ2) is 4.74. The molecule has 0 heterocycles. The molecule has 4 heteroatoms. The minimum Gasteiger partial charge on any atom is -0.487 e. The van der Waals surface area contributed by atoms with Gasteiger partial charge in [0.05, 0.1) is 22.5 Å². The van der Waals surface area contributed by atoms with Gasteiger partial charge in [0.2, 0.25) is 0 Å². The van der Waals surface area contributed by atoms with Crippen molar-refractivity contribution in [3.63, 3.8) is 0 Å². The smallest absolute Gasteiger partial charge is 0.121 e. The molecule has 1 aromatic carbocycles. The van der Waals surface area contributed by atoms with E-state index < -0.39 is 5.60 Å². The highest BCUT2D eigenvalue weighted by Gasteiger charge is 2.19. The van der Waals surface area contributed by atoms with Crippen LogP contribution in [0.15, 0.2) is 18.2 Å². The highest BCUT2D eigenvalue weighted by Crippen LogP contribution is 2.29. The van der Waals surface area contributed by atoms with Gasteiger partial charge in [-0.15, -0.1) is 0 Å². The number of hydrogen-bond acceptors (Lipinski definition) is 2. The van der Waals surface area contributed by atoms with Gasteiger partial charge in [0.25, 0.3) is 0 Å². The average molecular weight is 244 g/mol. The van der Waals surface area contributed by atoms with E-state index in [1.165, 1.54) is 0 Å². The largest absolute Gasteiger partial charge is 0.487 e. The van der Waals surface area contributed by atoms with Gasteiger partial charge in [0, 0.05) is 6.07 Å². The highest BCUT2D eigenvalue weighted by atomic mass is 35.5. The van der Waals surface area contributed by atoms with Crippen molar-refractivity contribution in [2.24, 2.45) is 0 Å². The maximum absolute atomic E-state index is 8.60. The minimum absolute atomic E-state index is 0.313. The molecule has 15 heavy (non-hydrogen) atoms. The molecule has 80 valence electrons. The first kappa shape index (κ1) is 12.2. The Kier molecular flexibility index (Phi) is 3.84. The van der Waals surface area contributed by atoms with E-state index in [2.05, 4.69) is 6.07 Å². The van der Waals surface area contributed by atoms with Crippen LogP contribution in [0.4, 0.5) is 0 Å². The molecule has 2 nitrogen and oxygen atoms in total. The standard InChI is InChI=1S/C11H11Cl2NO/c1-11(2,5-6-14)15-8-3-4-9(12)10(13)7-8/h3-4,7H,5H2,1-2H3. The lowest BCUT2D eigenvalue weighted by atomic mass is 10.1. The fourth-order valence-corrected chi connectivity index (χ4v) is 1.37. The molecule has 0 unspecified atom stereocenters. The first-order valence-electron chi connectivity index (χ1n) is 4.45. The van der Waals surface area contributed by atoms with Crippen molar-refractivity contribution in [2.75, 3.05) is 0 Å². The lowest BCUT2D eigenvalue weighted by Gasteiger charge is -2.23. The van der Waals surface area contributed by atoms with Crippen LogP contribution in [-0.2, 0) is 0 Å². The highest BCUT2D eigenvalue weighted by molar-refractivity contribution is 6.42. The van der Waals surface area contributed by atoms with E-state index in [4.69, 9.17) is 33.2 Å². The first-order valence-corrected chi connectivity index (χ1v) is 5.21. The van der Waals surface area contributed by atoms with Crippen molar-refractivity contribution in [3.8, 4) is 11.8 Å². The number of nitrogens with zero attached hydrogens (tertiary/aromatic N) is 1. The quantitative estimate of drug-likeness (QED) is 0.802. The van der Waals surface area contributed by atoms with Crippen molar-refractivity contribution < 1.29 is 4.74 Å². The average Bonchev–Trinajstić information content (AvgIpc) is 2.10. The molecule has 0 atom stereocenters. The molecule has 1 rings (SSSR count). The van der Waals surface area contributed by atoms with Crippen molar-refractivity contribution >= 4 is 23.2 Å². The van der Waals surface area contributed by atoms with Crippen LogP contribution in [0.25, 0.3) is 0 Å². The Labute approximate surface area is 99.4 Å². The fraction of sp³-hybridized carbons (Fsp3) is 0.364. The normalized spacial score (nSPS) is 10.9. The Bertz CT molecular complexity index is 396. The van der Waals surface area contributed by atoms with Gasteiger partial charge in [0.15, 0.2) is 0 Å². The third kappa shape index (κ3) is 3.62. The van der Waals surface area contributed by atoms with Gasteiger partial charge in [-0.2, -0.15) is 5.26 Å². The second-order valence-corrected chi connectivity index (χ2v) is 4.59. The predicted molar refractivity (Wildman–Crippen MR) is 61.4 cm³/mol. The van der Waals surface area contributed by atoms with Gasteiger partial charge < -0.3 is 4.74 Å². The maximum Gasteiger partial charge on any atom is 0.121 e. The zero-order valence-corrected chi connectivity index (χ0v) is 10.1. The molecular formula is C11H11Cl2NO. The number of hydrogen-bond donors (Lipinski definition) is 0. The molecule has 0 bridgehead atoms. The van der Waals surface area contributed by atoms with Crippen molar-refractivity contribution in [1.82, 2.24) is 0 Å². The van der Waals surface area contributed by atoms with E-state index in [0.29, 0.717) is 22.2 Å². The summed E-state index contributed by atoms with van der Waals surface area (Å²) in [6.07, 6.45) is 0.313. The predicted octanol–water partition coefficient (Wildman–Crippen LogP) is 4.06. The molecule has 0 N–H and O–H groups in total. The van der Waals surface area contributed by atoms with Gasteiger partial charge in [-0.1, -0.05) is 23.2 Å². The van der Waals surface area contributed by atoms with E-state index >= 15 is 0 Å². The number of ether oxygens (including phenoxy) is 1. The third-order valence-electron chi connectivity index (χ3n) is 1.79. The summed E-state index contributed by atoms with van der Waals surface area (Å²) in [5.74, 6) is 0.615. The maximum atomic E-state index is 8.60. The molecule has 0 aliphatic heterocycles. The van der Waals surface area contributed by atoms with E-state index in [-0.39, 0.29) is 0 Å². The Morgan fingerprint density at radius 1 is 1.33 bits per heavy atom. The monoisotopic (exact) mass is 243 g/mol. The van der Waals surface area contributed by atoms with Crippen molar-refractivity contribution in [1.29, 1.82) is 5.26 Å². The minimum atomic E-state index is -0.522. The Hall–Kier alpha value is -0.910. The summed E-state index contributed by atoms with van der Waals surface area (Å²) in [6, 6.07) is 7.11. The van der Waals surface area contributed by atoms with Crippen molar-refractivity contribution in [3.05, 3.63) is 28.2 Å². The zero-order valence-electron chi connectivity index (χ0n) is 8.55. The molecule has 0 aliphatic rings. The van der Waals surface area contributed by atoms with E-state index in [1.807, 2.05) is 13.8 Å². The molecule has 0 saturated heterocycles. The van der Waals surface area contributed by atoms with Crippen LogP contribution in [0.3, 0.4) is 0 Å². The Morgan fingerprint density at radius 3 is 2.53 bits per heavy atom. The molecule has 0 spiro atoms. The number of rotatable bonds is 3. The van der Waals surface area contributed by atoms with Crippen LogP contribution >= 0.6 is 23.2 Å². The van der Waals surface area contributed by atoms with Crippen LogP contribution in [-0.4, -0.2) is 5.60 Å². The molecule has 0 radical (unpaired) electrons. The van der Waals surface area contributed by atoms with Crippen LogP contribution in [0.2, 0.25) is 10.0 Å². The third-order valence-corrected chi connectivity index (χ3v) is 2.53. The topological polar surface area (TPSA) is 33.0 Å². The fourth-order valence-electron chi connectivity index (χ4n) is 1.09.